The molecule has 1 aromatic rings. The van der Waals surface area contributed by atoms with Crippen molar-refractivity contribution in [1.82, 2.24) is 10.2 Å². The van der Waals surface area contributed by atoms with Gasteiger partial charge in [0.25, 0.3) is 0 Å². The summed E-state index contributed by atoms with van der Waals surface area (Å²) >= 11 is 0. The van der Waals surface area contributed by atoms with Crippen molar-refractivity contribution < 1.29 is 9.53 Å². The Bertz CT molecular complexity index is 414. The van der Waals surface area contributed by atoms with Crippen molar-refractivity contribution in [2.45, 2.75) is 26.0 Å². The third-order valence-electron chi connectivity index (χ3n) is 3.37. The highest BCUT2D eigenvalue weighted by Gasteiger charge is 2.16. The van der Waals surface area contributed by atoms with Crippen LogP contribution in [0.1, 0.15) is 24.0 Å². The first-order valence-electron chi connectivity index (χ1n) is 6.85. The molecule has 0 radical (unpaired) electrons. The maximum Gasteiger partial charge on any atom is 0.236 e. The van der Waals surface area contributed by atoms with E-state index in [1.807, 2.05) is 17.0 Å². The number of nitrogens with zero attached hydrogens (tertiary/aromatic N) is 1. The Morgan fingerprint density at radius 2 is 2.05 bits per heavy atom. The van der Waals surface area contributed by atoms with E-state index in [4.69, 9.17) is 4.74 Å². The van der Waals surface area contributed by atoms with E-state index >= 15 is 0 Å². The molecule has 1 aliphatic heterocycles. The number of likely N-dealkylation sites (tertiary alicyclic amines) is 1. The van der Waals surface area contributed by atoms with E-state index in [0.717, 1.165) is 38.0 Å². The van der Waals surface area contributed by atoms with Crippen LogP contribution in [0, 0.1) is 0 Å². The molecule has 1 aliphatic rings. The third kappa shape index (κ3) is 4.33. The van der Waals surface area contributed by atoms with Gasteiger partial charge in [-0.2, -0.15) is 0 Å². The number of ether oxygens (including phenoxy) is 1. The van der Waals surface area contributed by atoms with E-state index < -0.39 is 0 Å². The quantitative estimate of drug-likeness (QED) is 0.845. The maximum atomic E-state index is 11.8. The van der Waals surface area contributed by atoms with Crippen molar-refractivity contribution >= 4 is 5.91 Å². The van der Waals surface area contributed by atoms with E-state index in [2.05, 4.69) is 17.4 Å². The van der Waals surface area contributed by atoms with Gasteiger partial charge in [0.05, 0.1) is 13.2 Å². The highest BCUT2D eigenvalue weighted by atomic mass is 16.5. The molecule has 19 heavy (non-hydrogen) atoms. The van der Waals surface area contributed by atoms with Gasteiger partial charge < -0.3 is 15.0 Å². The van der Waals surface area contributed by atoms with Gasteiger partial charge in [0, 0.05) is 26.7 Å². The number of carbonyl (C=O) groups excluding carboxylic acids is 1. The fourth-order valence-corrected chi connectivity index (χ4v) is 2.39. The summed E-state index contributed by atoms with van der Waals surface area (Å²) in [7, 11) is 1.69. The molecule has 104 valence electrons. The zero-order chi connectivity index (χ0) is 13.5. The van der Waals surface area contributed by atoms with Gasteiger partial charge in [-0.15, -0.1) is 0 Å². The van der Waals surface area contributed by atoms with Crippen LogP contribution >= 0.6 is 0 Å². The smallest absolute Gasteiger partial charge is 0.236 e. The molecule has 1 N–H and O–H groups in total. The number of hydrogen-bond donors (Lipinski definition) is 1. The Kier molecular flexibility index (Phi) is 5.36. The van der Waals surface area contributed by atoms with Crippen LogP contribution in [0.15, 0.2) is 24.3 Å². The van der Waals surface area contributed by atoms with Crippen molar-refractivity contribution in [3.63, 3.8) is 0 Å². The molecule has 4 nitrogen and oxygen atoms in total. The van der Waals surface area contributed by atoms with Gasteiger partial charge in [0.15, 0.2) is 0 Å². The van der Waals surface area contributed by atoms with E-state index in [-0.39, 0.29) is 5.91 Å². The summed E-state index contributed by atoms with van der Waals surface area (Å²) in [4.78, 5) is 13.8. The molecular weight excluding hydrogens is 240 g/mol. The molecule has 4 heteroatoms. The van der Waals surface area contributed by atoms with Crippen LogP contribution in [-0.2, 0) is 22.7 Å². The third-order valence-corrected chi connectivity index (χ3v) is 3.37. The van der Waals surface area contributed by atoms with Gasteiger partial charge in [0.2, 0.25) is 5.91 Å². The first-order chi connectivity index (χ1) is 9.29. The van der Waals surface area contributed by atoms with Crippen molar-refractivity contribution in [3.05, 3.63) is 35.4 Å². The average Bonchev–Trinajstić information content (AvgIpc) is 2.93. The molecule has 2 rings (SSSR count). The minimum Gasteiger partial charge on any atom is -0.380 e. The Balaban J connectivity index is 1.75. The molecule has 0 spiro atoms. The summed E-state index contributed by atoms with van der Waals surface area (Å²) in [5.41, 5.74) is 2.34. The lowest BCUT2D eigenvalue weighted by Crippen LogP contribution is -2.35. The number of amides is 1. The number of carbonyl (C=O) groups is 1. The first kappa shape index (κ1) is 14.0. The molecular formula is C15H22N2O2. The Morgan fingerprint density at radius 3 is 2.79 bits per heavy atom. The van der Waals surface area contributed by atoms with Crippen LogP contribution in [0.5, 0.6) is 0 Å². The molecule has 0 saturated carbocycles. The number of methoxy groups -OCH3 is 1. The van der Waals surface area contributed by atoms with E-state index in [1.54, 1.807) is 7.11 Å². The molecule has 1 heterocycles. The largest absolute Gasteiger partial charge is 0.380 e. The highest BCUT2D eigenvalue weighted by molar-refractivity contribution is 5.78. The zero-order valence-corrected chi connectivity index (χ0v) is 11.5. The molecule has 1 fully saturated rings. The lowest BCUT2D eigenvalue weighted by Gasteiger charge is -2.15. The average molecular weight is 262 g/mol. The Labute approximate surface area is 114 Å². The van der Waals surface area contributed by atoms with E-state index in [0.29, 0.717) is 13.2 Å². The molecule has 0 aliphatic carbocycles. The number of benzene rings is 1. The Morgan fingerprint density at radius 1 is 1.32 bits per heavy atom. The summed E-state index contributed by atoms with van der Waals surface area (Å²) in [6.07, 6.45) is 2.29. The number of hydrogen-bond acceptors (Lipinski definition) is 3. The molecule has 1 saturated heterocycles. The fourth-order valence-electron chi connectivity index (χ4n) is 2.39. The van der Waals surface area contributed by atoms with Crippen LogP contribution in [0.2, 0.25) is 0 Å². The maximum absolute atomic E-state index is 11.8. The lowest BCUT2D eigenvalue weighted by molar-refractivity contribution is -0.129. The van der Waals surface area contributed by atoms with Crippen LogP contribution in [0.4, 0.5) is 0 Å². The summed E-state index contributed by atoms with van der Waals surface area (Å²) in [6.45, 7) is 3.61. The second kappa shape index (κ2) is 7.26. The fraction of sp³-hybridized carbons (Fsp3) is 0.533. The lowest BCUT2D eigenvalue weighted by atomic mass is 10.1. The SMILES string of the molecule is COCc1cccc(CNCC(=O)N2CCCC2)c1. The van der Waals surface area contributed by atoms with Gasteiger partial charge in [-0.25, -0.2) is 0 Å². The zero-order valence-electron chi connectivity index (χ0n) is 11.5. The monoisotopic (exact) mass is 262 g/mol. The second-order valence-electron chi connectivity index (χ2n) is 4.94. The van der Waals surface area contributed by atoms with Crippen LogP contribution in [0.25, 0.3) is 0 Å². The first-order valence-corrected chi connectivity index (χ1v) is 6.85. The summed E-state index contributed by atoms with van der Waals surface area (Å²) in [6, 6.07) is 8.24. The topological polar surface area (TPSA) is 41.6 Å². The highest BCUT2D eigenvalue weighted by Crippen LogP contribution is 2.08. The van der Waals surface area contributed by atoms with E-state index in [1.165, 1.54) is 5.56 Å². The number of rotatable bonds is 6. The van der Waals surface area contributed by atoms with Gasteiger partial charge in [-0.3, -0.25) is 4.79 Å². The van der Waals surface area contributed by atoms with E-state index in [9.17, 15) is 4.79 Å². The molecule has 0 bridgehead atoms. The van der Waals surface area contributed by atoms with Crippen molar-refractivity contribution in [1.29, 1.82) is 0 Å². The molecule has 0 unspecified atom stereocenters. The second-order valence-corrected chi connectivity index (χ2v) is 4.94. The summed E-state index contributed by atoms with van der Waals surface area (Å²) < 4.78 is 5.11. The van der Waals surface area contributed by atoms with Gasteiger partial charge in [0.1, 0.15) is 0 Å². The van der Waals surface area contributed by atoms with Gasteiger partial charge >= 0.3 is 0 Å². The standard InChI is InChI=1S/C15H22N2O2/c1-19-12-14-6-4-5-13(9-14)10-16-11-15(18)17-7-2-3-8-17/h4-6,9,16H,2-3,7-8,10-12H2,1H3. The number of nitrogens with one attached hydrogen (secondary N) is 1. The van der Waals surface area contributed by atoms with Crippen molar-refractivity contribution in [2.24, 2.45) is 0 Å². The summed E-state index contributed by atoms with van der Waals surface area (Å²) in [5.74, 6) is 0.213. The molecule has 0 aromatic heterocycles. The normalized spacial score (nSPS) is 14.9. The Hall–Kier alpha value is -1.39. The minimum absolute atomic E-state index is 0.213. The predicted octanol–water partition coefficient (Wildman–Crippen LogP) is 1.54. The molecule has 1 aromatic carbocycles. The van der Waals surface area contributed by atoms with Gasteiger partial charge in [-0.1, -0.05) is 24.3 Å². The predicted molar refractivity (Wildman–Crippen MR) is 74.7 cm³/mol. The van der Waals surface area contributed by atoms with Crippen LogP contribution in [0.3, 0.4) is 0 Å². The molecule has 1 amide bonds. The van der Waals surface area contributed by atoms with Crippen LogP contribution < -0.4 is 5.32 Å². The molecule has 0 atom stereocenters. The summed E-state index contributed by atoms with van der Waals surface area (Å²) in [5, 5.41) is 3.22. The van der Waals surface area contributed by atoms with Crippen molar-refractivity contribution in [2.75, 3.05) is 26.7 Å². The van der Waals surface area contributed by atoms with Crippen molar-refractivity contribution in [3.8, 4) is 0 Å². The van der Waals surface area contributed by atoms with Gasteiger partial charge in [-0.05, 0) is 24.0 Å². The minimum atomic E-state index is 0.213. The van der Waals surface area contributed by atoms with Crippen LogP contribution in [-0.4, -0.2) is 37.6 Å².